The van der Waals surface area contributed by atoms with E-state index >= 15 is 0 Å². The Morgan fingerprint density at radius 1 is 0.202 bits per heavy atom. The van der Waals surface area contributed by atoms with Crippen molar-refractivity contribution in [1.82, 2.24) is 0 Å². The maximum absolute atomic E-state index is 7.95. The van der Waals surface area contributed by atoms with Crippen molar-refractivity contribution in [3.63, 3.8) is 0 Å². The van der Waals surface area contributed by atoms with Crippen molar-refractivity contribution in [2.75, 3.05) is 0 Å². The van der Waals surface area contributed by atoms with Crippen molar-refractivity contribution in [2.45, 2.75) is 75.0 Å². The van der Waals surface area contributed by atoms with Crippen LogP contribution in [-0.4, -0.2) is 8.07 Å². The highest BCUT2D eigenvalue weighted by Gasteiger charge is 2.64. The van der Waals surface area contributed by atoms with Crippen molar-refractivity contribution in [3.05, 3.63) is 447 Å². The molecule has 2 spiro atoms. The Bertz CT molecular complexity index is 7710. The minimum absolute atomic E-state index is 0.0878. The normalized spacial score (nSPS) is 21.7. The standard InChI is InChI=1S/C70H54Si.C58H44/c1-4-19-51(20-5-1)71(52-21-6-2-7-22-52,53-23-8-3-9-24-53)54-39-37-48(38-40-54)67-60-26-10-12-28-62(60)68(63-29-13-11-27-61(63)67)59-33-17-30-55-56(59)31-16-32-57(55)64-34-18-35-65-58-25-14-15-36-66(58)70(69(64)65)49-42-46-41-47(44-49)45-50(70)43-46;1-2-12-38(13-3-1)39-24-26-41(27-25-39)56-48-17-4-6-19-50(48)57(51-20-7-5-18-49(51)56)52-22-11-15-40-14-10-21-45(55(40)52)42-28-29-47-46-16-8-9-23-53(46)58(54(47)35-42)43-31-36-30-37(33-43)34-44(58)32-36/h1-40,46-47,49-50H,41-45H2;1-29,35-37,43-44H,30-34H2/i;1D. The summed E-state index contributed by atoms with van der Waals surface area (Å²) in [5.74, 6) is 6.55. The average Bonchev–Trinajstić information content (AvgIpc) is 1.53. The second-order valence-corrected chi connectivity index (χ2v) is 43.1. The maximum atomic E-state index is 7.95. The molecule has 10 aliphatic carbocycles. The van der Waals surface area contributed by atoms with E-state index in [4.69, 9.17) is 1.37 Å². The highest BCUT2D eigenvalue weighted by molar-refractivity contribution is 7.19. The Kier molecular flexibility index (Phi) is 17.1. The van der Waals surface area contributed by atoms with Gasteiger partial charge in [0.1, 0.15) is 0 Å². The molecule has 0 aromatic heterocycles. The molecule has 8 fully saturated rings. The summed E-state index contributed by atoms with van der Waals surface area (Å²) in [6, 6.07) is 159. The van der Waals surface area contributed by atoms with Crippen LogP contribution in [0.1, 0.15) is 87.8 Å². The SMILES string of the molecule is [2H]c1ccc(-c2ccc(-c3c4ccccc4c(-c4cccc5cccc(-c6ccc7c(c6)C6(c8ccccc8-7)C7CC8CC(C7)CC6C8)c45)c4ccccc34)cc2)cc1.c1ccc([Si](c2ccccc2)(c2ccccc2)c2ccc(-c3c4ccccc4c(-c4cccc5c(-c6cccc7c6C6(c8ccccc8-7)C7CC8CC(C7)CC6C8)cccc45)c4ccccc34)cc2)cc1. The minimum Gasteiger partial charge on any atom is -0.0623 e. The largest absolute Gasteiger partial charge is 0.179 e. The average molecular weight is 1670 g/mol. The lowest BCUT2D eigenvalue weighted by molar-refractivity contribution is -0.0399. The Morgan fingerprint density at radius 2 is 0.519 bits per heavy atom. The van der Waals surface area contributed by atoms with Crippen LogP contribution < -0.4 is 20.7 Å². The molecule has 0 nitrogen and oxygen atoms in total. The summed E-state index contributed by atoms with van der Waals surface area (Å²) in [4.78, 5) is 0. The van der Waals surface area contributed by atoms with E-state index in [1.54, 1.807) is 22.3 Å². The first-order valence-electron chi connectivity index (χ1n) is 48.2. The molecule has 614 valence electrons. The van der Waals surface area contributed by atoms with Crippen molar-refractivity contribution < 1.29 is 1.37 Å². The van der Waals surface area contributed by atoms with Crippen LogP contribution in [0.5, 0.6) is 0 Å². The maximum Gasteiger partial charge on any atom is 0.179 e. The summed E-state index contributed by atoms with van der Waals surface area (Å²) < 4.78 is 7.95. The summed E-state index contributed by atoms with van der Waals surface area (Å²) >= 11 is 0. The van der Waals surface area contributed by atoms with E-state index in [-0.39, 0.29) is 10.8 Å². The Labute approximate surface area is 758 Å². The molecule has 1 heteroatoms. The predicted octanol–water partition coefficient (Wildman–Crippen LogP) is 30.8. The lowest BCUT2D eigenvalue weighted by Crippen LogP contribution is -2.74. The molecule has 0 N–H and O–H groups in total. The zero-order chi connectivity index (χ0) is 85.5. The van der Waals surface area contributed by atoms with E-state index in [1.807, 2.05) is 24.3 Å². The fraction of sp³-hybridized carbons (Fsp3) is 0.156. The highest BCUT2D eigenvalue weighted by Crippen LogP contribution is 2.72. The molecule has 20 aromatic carbocycles. The Morgan fingerprint density at radius 3 is 1.02 bits per heavy atom. The molecule has 0 atom stereocenters. The number of rotatable bonds is 11. The fourth-order valence-electron chi connectivity index (χ4n) is 29.1. The third kappa shape index (κ3) is 11.1. The molecule has 30 rings (SSSR count). The predicted molar refractivity (Wildman–Crippen MR) is 546 cm³/mol. The van der Waals surface area contributed by atoms with Crippen molar-refractivity contribution in [1.29, 1.82) is 0 Å². The molecule has 129 heavy (non-hydrogen) atoms. The van der Waals surface area contributed by atoms with Gasteiger partial charge in [0.15, 0.2) is 8.07 Å². The number of fused-ring (bicyclic) bond motifs is 12. The summed E-state index contributed by atoms with van der Waals surface area (Å²) in [6.45, 7) is 0. The van der Waals surface area contributed by atoms with Crippen molar-refractivity contribution in [2.24, 2.45) is 47.3 Å². The summed E-state index contributed by atoms with van der Waals surface area (Å²) in [5, 5.41) is 21.0. The fourth-order valence-corrected chi connectivity index (χ4v) is 33.9. The molecule has 0 unspecified atom stereocenters. The first-order chi connectivity index (χ1) is 64.3. The minimum atomic E-state index is -2.68. The molecule has 8 saturated carbocycles. The zero-order valence-corrected chi connectivity index (χ0v) is 73.5. The molecule has 8 bridgehead atoms. The van der Waals surface area contributed by atoms with Gasteiger partial charge in [0.05, 0.1) is 1.37 Å². The van der Waals surface area contributed by atoms with E-state index in [2.05, 4.69) is 394 Å². The van der Waals surface area contributed by atoms with E-state index in [9.17, 15) is 0 Å². The van der Waals surface area contributed by atoms with Crippen molar-refractivity contribution in [3.8, 4) is 100 Å². The lowest BCUT2D eigenvalue weighted by atomic mass is 9.42. The van der Waals surface area contributed by atoms with Gasteiger partial charge in [-0.1, -0.05) is 419 Å². The van der Waals surface area contributed by atoms with Gasteiger partial charge in [-0.25, -0.2) is 0 Å². The number of hydrogen-bond acceptors (Lipinski definition) is 0. The van der Waals surface area contributed by atoms with Crippen LogP contribution in [0.2, 0.25) is 0 Å². The number of hydrogen-bond donors (Lipinski definition) is 0. The van der Waals surface area contributed by atoms with Crippen LogP contribution >= 0.6 is 0 Å². The monoisotopic (exact) mass is 1660 g/mol. The molecule has 0 amide bonds. The zero-order valence-electron chi connectivity index (χ0n) is 73.5. The second-order valence-electron chi connectivity index (χ2n) is 39.3. The summed E-state index contributed by atoms with van der Waals surface area (Å²) in [5.41, 5.74) is 30.6. The topological polar surface area (TPSA) is 0 Å². The molecule has 0 heterocycles. The molecule has 10 aliphatic rings. The Hall–Kier alpha value is -13.8. The quantitative estimate of drug-likeness (QED) is 0.0688. The van der Waals surface area contributed by atoms with Crippen LogP contribution in [0.25, 0.3) is 165 Å². The molecule has 20 aromatic rings. The number of benzene rings is 20. The van der Waals surface area contributed by atoms with E-state index < -0.39 is 8.07 Å². The third-order valence-corrected chi connectivity index (χ3v) is 38.2. The van der Waals surface area contributed by atoms with Crippen LogP contribution in [0, 0.1) is 47.3 Å². The molecular weight excluding hydrogens is 1570 g/mol. The van der Waals surface area contributed by atoms with Gasteiger partial charge < -0.3 is 0 Å². The first-order valence-corrected chi connectivity index (χ1v) is 49.7. The van der Waals surface area contributed by atoms with Crippen LogP contribution in [0.4, 0.5) is 0 Å². The van der Waals surface area contributed by atoms with Crippen molar-refractivity contribution >= 4 is 93.5 Å². The molecular formula is C128H98Si. The van der Waals surface area contributed by atoms with Gasteiger partial charge >= 0.3 is 0 Å². The van der Waals surface area contributed by atoms with Gasteiger partial charge in [0, 0.05) is 10.8 Å². The van der Waals surface area contributed by atoms with Gasteiger partial charge in [-0.15, -0.1) is 0 Å². The van der Waals surface area contributed by atoms with Gasteiger partial charge in [-0.05, 0) is 325 Å². The highest BCUT2D eigenvalue weighted by atomic mass is 28.3. The first kappa shape index (κ1) is 74.3. The van der Waals surface area contributed by atoms with Crippen LogP contribution in [0.3, 0.4) is 0 Å². The molecule has 0 aliphatic heterocycles. The van der Waals surface area contributed by atoms with E-state index in [1.165, 1.54) is 239 Å². The lowest BCUT2D eigenvalue weighted by Gasteiger charge is -2.61. The molecule has 0 saturated heterocycles. The Balaban J connectivity index is 0.000000136. The van der Waals surface area contributed by atoms with Gasteiger partial charge in [-0.2, -0.15) is 0 Å². The molecule has 0 radical (unpaired) electrons. The smallest absolute Gasteiger partial charge is 0.0623 e. The second kappa shape index (κ2) is 29.6. The van der Waals surface area contributed by atoms with Gasteiger partial charge in [0.25, 0.3) is 0 Å². The summed E-state index contributed by atoms with van der Waals surface area (Å²) in [7, 11) is -2.68. The van der Waals surface area contributed by atoms with Crippen LogP contribution in [0.15, 0.2) is 425 Å². The van der Waals surface area contributed by atoms with Gasteiger partial charge in [0.2, 0.25) is 0 Å². The summed E-state index contributed by atoms with van der Waals surface area (Å²) in [6.07, 6.45) is 14.0. The van der Waals surface area contributed by atoms with E-state index in [0.717, 1.165) is 46.6 Å². The van der Waals surface area contributed by atoms with E-state index in [0.29, 0.717) is 17.9 Å². The van der Waals surface area contributed by atoms with Crippen LogP contribution in [-0.2, 0) is 10.8 Å². The van der Waals surface area contributed by atoms with Gasteiger partial charge in [-0.3, -0.25) is 0 Å². The third-order valence-electron chi connectivity index (χ3n) is 33.4.